The van der Waals surface area contributed by atoms with Gasteiger partial charge < -0.3 is 54.7 Å². The van der Waals surface area contributed by atoms with Crippen LogP contribution in [0.4, 0.5) is 0 Å². The van der Waals surface area contributed by atoms with Crippen LogP contribution in [0.25, 0.3) is 22.3 Å². The number of aliphatic hydroxyl groups excluding tert-OH is 7. The third kappa shape index (κ3) is 4.39. The van der Waals surface area contributed by atoms with Crippen LogP contribution in [0.15, 0.2) is 51.7 Å². The van der Waals surface area contributed by atoms with E-state index in [0.717, 1.165) is 6.07 Å². The molecule has 0 radical (unpaired) electrons. The summed E-state index contributed by atoms with van der Waals surface area (Å²) in [6.07, 6.45) is -14.1. The topological polar surface area (TPSA) is 211 Å². The lowest BCUT2D eigenvalue weighted by Crippen LogP contribution is -2.55. The number of benzene rings is 2. The molecule has 0 saturated carbocycles. The highest BCUT2D eigenvalue weighted by Crippen LogP contribution is 2.44. The van der Waals surface area contributed by atoms with Gasteiger partial charge in [-0.1, -0.05) is 30.3 Å². The summed E-state index contributed by atoms with van der Waals surface area (Å²) >= 11 is 0. The molecule has 0 unspecified atom stereocenters. The summed E-state index contributed by atoms with van der Waals surface area (Å²) < 4.78 is 17.2. The first-order valence-electron chi connectivity index (χ1n) is 12.0. The van der Waals surface area contributed by atoms with E-state index >= 15 is 0 Å². The lowest BCUT2D eigenvalue weighted by Gasteiger charge is -2.41. The van der Waals surface area contributed by atoms with E-state index in [2.05, 4.69) is 0 Å². The maximum Gasteiger partial charge on any atom is 0.197 e. The minimum absolute atomic E-state index is 0.0157. The molecule has 204 valence electrons. The molecular weight excluding hydrogens is 504 g/mol. The number of phenols is 1. The van der Waals surface area contributed by atoms with Crippen LogP contribution in [0.1, 0.15) is 23.3 Å². The average molecular weight is 532 g/mol. The first kappa shape index (κ1) is 26.7. The zero-order valence-electron chi connectivity index (χ0n) is 19.9. The number of aliphatic hydroxyl groups is 7. The molecule has 38 heavy (non-hydrogen) atoms. The molecule has 1 aromatic heterocycles. The number of rotatable bonds is 4. The van der Waals surface area contributed by atoms with E-state index in [-0.39, 0.29) is 34.5 Å². The van der Waals surface area contributed by atoms with Crippen molar-refractivity contribution in [3.8, 4) is 17.1 Å². The van der Waals surface area contributed by atoms with E-state index in [1.165, 1.54) is 6.07 Å². The fourth-order valence-electron chi connectivity index (χ4n) is 4.98. The monoisotopic (exact) mass is 532 g/mol. The lowest BCUT2D eigenvalue weighted by molar-refractivity contribution is -0.232. The van der Waals surface area contributed by atoms with Crippen LogP contribution < -0.4 is 5.43 Å². The molecule has 3 heterocycles. The van der Waals surface area contributed by atoms with Gasteiger partial charge in [-0.25, -0.2) is 0 Å². The predicted molar refractivity (Wildman–Crippen MR) is 129 cm³/mol. The Morgan fingerprint density at radius 1 is 0.816 bits per heavy atom. The van der Waals surface area contributed by atoms with Crippen LogP contribution in [0.3, 0.4) is 0 Å². The van der Waals surface area contributed by atoms with E-state index in [1.807, 2.05) is 0 Å². The highest BCUT2D eigenvalue weighted by atomic mass is 16.5. The van der Waals surface area contributed by atoms with Crippen LogP contribution >= 0.6 is 0 Å². The van der Waals surface area contributed by atoms with E-state index < -0.39 is 72.7 Å². The molecule has 2 aliphatic rings. The number of ether oxygens (including phenoxy) is 2. The second-order valence-electron chi connectivity index (χ2n) is 9.50. The second-order valence-corrected chi connectivity index (χ2v) is 9.50. The maximum atomic E-state index is 13.3. The van der Waals surface area contributed by atoms with Crippen molar-refractivity contribution in [3.05, 3.63) is 63.8 Å². The van der Waals surface area contributed by atoms with E-state index in [9.17, 15) is 45.6 Å². The van der Waals surface area contributed by atoms with Gasteiger partial charge in [0, 0.05) is 22.8 Å². The molecule has 9 atom stereocenters. The van der Waals surface area contributed by atoms with Gasteiger partial charge in [-0.05, 0) is 6.07 Å². The third-order valence-corrected chi connectivity index (χ3v) is 7.10. The number of aromatic hydroxyl groups is 1. The number of hydrogen-bond donors (Lipinski definition) is 8. The Labute approximate surface area is 215 Å². The van der Waals surface area contributed by atoms with Gasteiger partial charge in [0.1, 0.15) is 77.4 Å². The van der Waals surface area contributed by atoms with Crippen molar-refractivity contribution in [3.63, 3.8) is 0 Å². The second kappa shape index (κ2) is 10.3. The molecule has 2 saturated heterocycles. The van der Waals surface area contributed by atoms with Crippen LogP contribution in [0.5, 0.6) is 5.75 Å². The summed E-state index contributed by atoms with van der Waals surface area (Å²) in [5.74, 6) is -0.525. The molecule has 2 fully saturated rings. The molecule has 5 rings (SSSR count). The Balaban J connectivity index is 1.75. The minimum atomic E-state index is -1.79. The first-order valence-corrected chi connectivity index (χ1v) is 12.0. The smallest absolute Gasteiger partial charge is 0.197 e. The minimum Gasteiger partial charge on any atom is -0.507 e. The lowest BCUT2D eigenvalue weighted by atomic mass is 9.86. The molecule has 2 aliphatic heterocycles. The fraction of sp³-hybridized carbons (Fsp3) is 0.423. The van der Waals surface area contributed by atoms with Crippen LogP contribution in [0.2, 0.25) is 0 Å². The molecule has 2 aromatic carbocycles. The normalized spacial score (nSPS) is 33.9. The van der Waals surface area contributed by atoms with Crippen molar-refractivity contribution in [1.82, 2.24) is 0 Å². The van der Waals surface area contributed by atoms with Gasteiger partial charge in [0.15, 0.2) is 5.43 Å². The third-order valence-electron chi connectivity index (χ3n) is 7.10. The maximum absolute atomic E-state index is 13.3. The van der Waals surface area contributed by atoms with Gasteiger partial charge in [-0.2, -0.15) is 0 Å². The van der Waals surface area contributed by atoms with Crippen molar-refractivity contribution >= 4 is 11.0 Å². The largest absolute Gasteiger partial charge is 0.507 e. The molecule has 12 nitrogen and oxygen atoms in total. The fourth-order valence-corrected chi connectivity index (χ4v) is 4.98. The molecule has 0 bridgehead atoms. The van der Waals surface area contributed by atoms with Gasteiger partial charge in [-0.15, -0.1) is 0 Å². The summed E-state index contributed by atoms with van der Waals surface area (Å²) in [5, 5.41) is 82.6. The molecule has 0 aliphatic carbocycles. The standard InChI is InChI=1S/C26H28O12/c27-8-16-20(32)21(33)23(35)26(38-16)11-6-12(25-22(34)19(31)14(29)9-36-25)24-17(18(11)30)13(28)7-15(37-24)10-4-2-1-3-5-10/h1-7,14,16,19-23,25-27,29-35H,8-9H2/t14-,16+,19-,20+,21-,22+,23+,25-,26-/m0/s1. The zero-order chi connectivity index (χ0) is 27.3. The van der Waals surface area contributed by atoms with Gasteiger partial charge >= 0.3 is 0 Å². The molecule has 0 amide bonds. The van der Waals surface area contributed by atoms with Crippen LogP contribution in [0, 0.1) is 0 Å². The average Bonchev–Trinajstić information content (AvgIpc) is 2.92. The molecule has 0 spiro atoms. The molecule has 8 N–H and O–H groups in total. The summed E-state index contributed by atoms with van der Waals surface area (Å²) in [6.45, 7) is -1.09. The number of fused-ring (bicyclic) bond motifs is 1. The van der Waals surface area contributed by atoms with Gasteiger partial charge in [0.25, 0.3) is 0 Å². The number of hydrogen-bond acceptors (Lipinski definition) is 12. The Kier molecular flexibility index (Phi) is 7.26. The van der Waals surface area contributed by atoms with Crippen molar-refractivity contribution in [2.75, 3.05) is 13.2 Å². The Hall–Kier alpha value is -2.91. The van der Waals surface area contributed by atoms with E-state index in [4.69, 9.17) is 13.9 Å². The van der Waals surface area contributed by atoms with Crippen molar-refractivity contribution in [2.45, 2.75) is 54.9 Å². The zero-order valence-corrected chi connectivity index (χ0v) is 19.9. The molecule has 3 aromatic rings. The van der Waals surface area contributed by atoms with Crippen LogP contribution in [-0.4, -0.2) is 96.8 Å². The Bertz CT molecular complexity index is 1360. The Morgan fingerprint density at radius 2 is 1.50 bits per heavy atom. The van der Waals surface area contributed by atoms with Crippen molar-refractivity contribution < 1.29 is 54.7 Å². The van der Waals surface area contributed by atoms with Crippen molar-refractivity contribution in [2.24, 2.45) is 0 Å². The van der Waals surface area contributed by atoms with Gasteiger partial charge in [-0.3, -0.25) is 4.79 Å². The quantitative estimate of drug-likeness (QED) is 0.200. The summed E-state index contributed by atoms with van der Waals surface area (Å²) in [7, 11) is 0. The summed E-state index contributed by atoms with van der Waals surface area (Å²) in [5.41, 5.74) is -0.579. The van der Waals surface area contributed by atoms with Gasteiger partial charge in [0.2, 0.25) is 0 Å². The number of phenolic OH excluding ortho intramolecular Hbond substituents is 1. The molecule has 12 heteroatoms. The van der Waals surface area contributed by atoms with Crippen molar-refractivity contribution in [1.29, 1.82) is 0 Å². The Morgan fingerprint density at radius 3 is 2.18 bits per heavy atom. The highest BCUT2D eigenvalue weighted by Gasteiger charge is 2.46. The predicted octanol–water partition coefficient (Wildman–Crippen LogP) is -1.17. The highest BCUT2D eigenvalue weighted by molar-refractivity contribution is 5.89. The van der Waals surface area contributed by atoms with E-state index in [1.54, 1.807) is 30.3 Å². The SMILES string of the molecule is O=c1cc(-c2ccccc2)oc2c([C@@H]3OC[C@H](O)[C@H](O)[C@H]3O)cc([C@@H]3O[C@H](CO)[C@@H](O)[C@H](O)[C@H]3O)c(O)c12. The molecular formula is C26H28O12. The van der Waals surface area contributed by atoms with E-state index in [0.29, 0.717) is 5.56 Å². The van der Waals surface area contributed by atoms with Crippen LogP contribution in [-0.2, 0) is 9.47 Å². The van der Waals surface area contributed by atoms with Gasteiger partial charge in [0.05, 0.1) is 13.2 Å². The summed E-state index contributed by atoms with van der Waals surface area (Å²) in [4.78, 5) is 13.3. The first-order chi connectivity index (χ1) is 18.1. The summed E-state index contributed by atoms with van der Waals surface area (Å²) in [6, 6.07) is 11.0.